The molecule has 7 aromatic carbocycles. The molecule has 3 aliphatic heterocycles. The van der Waals surface area contributed by atoms with E-state index in [9.17, 15) is 0 Å². The molecule has 0 fully saturated rings. The Morgan fingerprint density at radius 1 is 0.326 bits per heavy atom. The predicted octanol–water partition coefficient (Wildman–Crippen LogP) is 6.24. The smallest absolute Gasteiger partial charge is 0.260 e. The summed E-state index contributed by atoms with van der Waals surface area (Å²) < 4.78 is 14.0. The zero-order valence-electron chi connectivity index (χ0n) is 25.0. The van der Waals surface area contributed by atoms with Crippen molar-refractivity contribution >= 4 is 46.2 Å². The molecular formula is C42H26B2O2. The van der Waals surface area contributed by atoms with E-state index in [1.807, 2.05) is 0 Å². The van der Waals surface area contributed by atoms with Gasteiger partial charge in [0.1, 0.15) is 23.0 Å². The maximum absolute atomic E-state index is 7.15. The van der Waals surface area contributed by atoms with Crippen LogP contribution in [0, 0.1) is 0 Å². The van der Waals surface area contributed by atoms with Gasteiger partial charge in [0.15, 0.2) is 0 Å². The van der Waals surface area contributed by atoms with Gasteiger partial charge in [0, 0.05) is 5.46 Å². The van der Waals surface area contributed by atoms with Gasteiger partial charge in [-0.2, -0.15) is 0 Å². The average molecular weight is 584 g/mol. The molecule has 46 heavy (non-hydrogen) atoms. The van der Waals surface area contributed by atoms with E-state index >= 15 is 0 Å². The molecule has 0 atom stereocenters. The molecular weight excluding hydrogens is 558 g/mol. The van der Waals surface area contributed by atoms with Crippen molar-refractivity contribution in [2.24, 2.45) is 0 Å². The lowest BCUT2D eigenvalue weighted by Crippen LogP contribution is -2.61. The largest absolute Gasteiger partial charge is 0.459 e. The summed E-state index contributed by atoms with van der Waals surface area (Å²) >= 11 is 0. The second-order valence-electron chi connectivity index (χ2n) is 12.3. The van der Waals surface area contributed by atoms with Crippen LogP contribution in [0.3, 0.4) is 0 Å². The maximum atomic E-state index is 7.15. The van der Waals surface area contributed by atoms with Crippen LogP contribution in [0.5, 0.6) is 23.0 Å². The zero-order valence-corrected chi connectivity index (χ0v) is 25.0. The maximum Gasteiger partial charge on any atom is 0.260 e. The summed E-state index contributed by atoms with van der Waals surface area (Å²) in [6.07, 6.45) is 0. The van der Waals surface area contributed by atoms with Crippen molar-refractivity contribution in [1.29, 1.82) is 0 Å². The molecule has 0 aromatic heterocycles. The van der Waals surface area contributed by atoms with Crippen LogP contribution in [0.1, 0.15) is 0 Å². The van der Waals surface area contributed by atoms with E-state index in [4.69, 9.17) is 9.47 Å². The second-order valence-corrected chi connectivity index (χ2v) is 12.3. The third-order valence-corrected chi connectivity index (χ3v) is 9.92. The molecule has 0 radical (unpaired) electrons. The van der Waals surface area contributed by atoms with Crippen molar-refractivity contribution in [3.63, 3.8) is 0 Å². The highest BCUT2D eigenvalue weighted by Crippen LogP contribution is 2.43. The first kappa shape index (κ1) is 25.6. The van der Waals surface area contributed by atoms with Crippen LogP contribution in [0.4, 0.5) is 0 Å². The Labute approximate surface area is 269 Å². The Morgan fingerprint density at radius 3 is 1.46 bits per heavy atom. The molecule has 0 spiro atoms. The molecule has 3 heterocycles. The summed E-state index contributed by atoms with van der Waals surface area (Å²) in [4.78, 5) is 0. The molecule has 0 unspecified atom stereocenters. The number of ether oxygens (including phenoxy) is 2. The van der Waals surface area contributed by atoms with Crippen molar-refractivity contribution in [2.45, 2.75) is 0 Å². The standard InChI is InChI=1S/C42H26B2O2/c1-2-14-27(15-3-1)43-34-21-9-8-20-32(34)30-18-6-4-16-28(30)29-17-5-7-19-31(29)33-26-39-41-42(40(33)43)46-38-25-13-11-23-36(38)44(41)35-22-10-12-24-37(35)45-39/h1-26H. The number of hydrogen-bond donors (Lipinski definition) is 0. The van der Waals surface area contributed by atoms with Gasteiger partial charge in [-0.05, 0) is 68.0 Å². The minimum absolute atomic E-state index is 0.00284. The van der Waals surface area contributed by atoms with Crippen LogP contribution in [0.15, 0.2) is 158 Å². The third-order valence-electron chi connectivity index (χ3n) is 9.92. The highest BCUT2D eigenvalue weighted by atomic mass is 16.5. The summed E-state index contributed by atoms with van der Waals surface area (Å²) in [5.74, 6) is 3.55. The van der Waals surface area contributed by atoms with Gasteiger partial charge < -0.3 is 9.47 Å². The molecule has 0 amide bonds. The molecule has 0 bridgehead atoms. The molecule has 0 N–H and O–H groups in total. The summed E-state index contributed by atoms with van der Waals surface area (Å²) in [5.41, 5.74) is 14.2. The molecule has 4 heteroatoms. The number of rotatable bonds is 1. The molecule has 0 saturated carbocycles. The summed E-state index contributed by atoms with van der Waals surface area (Å²) in [5, 5.41) is 0. The van der Waals surface area contributed by atoms with Gasteiger partial charge in [-0.1, -0.05) is 150 Å². The first-order chi connectivity index (χ1) is 22.8. The van der Waals surface area contributed by atoms with Gasteiger partial charge in [-0.3, -0.25) is 0 Å². The van der Waals surface area contributed by atoms with Gasteiger partial charge in [0.05, 0.1) is 0 Å². The lowest BCUT2D eigenvalue weighted by Gasteiger charge is -2.36. The van der Waals surface area contributed by atoms with Crippen LogP contribution < -0.4 is 42.3 Å². The van der Waals surface area contributed by atoms with E-state index in [1.165, 1.54) is 55.1 Å². The summed E-state index contributed by atoms with van der Waals surface area (Å²) in [6.45, 7) is -0.105. The molecule has 7 aromatic rings. The Bertz CT molecular complexity index is 2330. The van der Waals surface area contributed by atoms with Gasteiger partial charge in [0.2, 0.25) is 6.71 Å². The highest BCUT2D eigenvalue weighted by molar-refractivity contribution is 7.01. The molecule has 3 aliphatic rings. The van der Waals surface area contributed by atoms with Crippen LogP contribution in [-0.4, -0.2) is 13.4 Å². The van der Waals surface area contributed by atoms with Crippen LogP contribution in [0.2, 0.25) is 0 Å². The quantitative estimate of drug-likeness (QED) is 0.213. The first-order valence-corrected chi connectivity index (χ1v) is 15.9. The molecule has 212 valence electrons. The van der Waals surface area contributed by atoms with Crippen molar-refractivity contribution in [3.05, 3.63) is 158 Å². The monoisotopic (exact) mass is 584 g/mol. The van der Waals surface area contributed by atoms with E-state index in [-0.39, 0.29) is 13.4 Å². The topological polar surface area (TPSA) is 18.5 Å². The number of fused-ring (bicyclic) bond motifs is 12. The van der Waals surface area contributed by atoms with E-state index in [0.717, 1.165) is 34.0 Å². The van der Waals surface area contributed by atoms with Crippen molar-refractivity contribution in [3.8, 4) is 56.4 Å². The van der Waals surface area contributed by atoms with E-state index in [0.29, 0.717) is 0 Å². The van der Waals surface area contributed by atoms with Crippen LogP contribution in [0.25, 0.3) is 33.4 Å². The highest BCUT2D eigenvalue weighted by Gasteiger charge is 2.44. The molecule has 10 rings (SSSR count). The number of benzene rings is 7. The lowest BCUT2D eigenvalue weighted by atomic mass is 9.31. The second kappa shape index (κ2) is 9.89. The summed E-state index contributed by atoms with van der Waals surface area (Å²) in [7, 11) is 0. The Hall–Kier alpha value is -5.73. The molecule has 2 nitrogen and oxygen atoms in total. The van der Waals surface area contributed by atoms with Crippen molar-refractivity contribution in [1.82, 2.24) is 0 Å². The van der Waals surface area contributed by atoms with E-state index in [2.05, 4.69) is 158 Å². The van der Waals surface area contributed by atoms with Gasteiger partial charge in [0.25, 0.3) is 6.71 Å². The fourth-order valence-electron chi connectivity index (χ4n) is 8.02. The third kappa shape index (κ3) is 3.61. The lowest BCUT2D eigenvalue weighted by molar-refractivity contribution is 0.467. The van der Waals surface area contributed by atoms with Gasteiger partial charge >= 0.3 is 0 Å². The molecule has 0 aliphatic carbocycles. The van der Waals surface area contributed by atoms with Crippen molar-refractivity contribution < 1.29 is 9.47 Å². The number of para-hydroxylation sites is 2. The first-order valence-electron chi connectivity index (χ1n) is 15.9. The number of hydrogen-bond acceptors (Lipinski definition) is 2. The van der Waals surface area contributed by atoms with Crippen molar-refractivity contribution in [2.75, 3.05) is 0 Å². The van der Waals surface area contributed by atoms with Crippen LogP contribution in [-0.2, 0) is 0 Å². The minimum atomic E-state index is -0.102. The Morgan fingerprint density at radius 2 is 0.804 bits per heavy atom. The fraction of sp³-hybridized carbons (Fsp3) is 0. The van der Waals surface area contributed by atoms with E-state index in [1.54, 1.807) is 0 Å². The molecule has 0 saturated heterocycles. The Balaban J connectivity index is 1.41. The predicted molar refractivity (Wildman–Crippen MR) is 192 cm³/mol. The fourth-order valence-corrected chi connectivity index (χ4v) is 8.02. The normalized spacial score (nSPS) is 13.0. The zero-order chi connectivity index (χ0) is 30.2. The van der Waals surface area contributed by atoms with Gasteiger partial charge in [-0.15, -0.1) is 0 Å². The Kier molecular flexibility index (Phi) is 5.50. The minimum Gasteiger partial charge on any atom is -0.459 e. The summed E-state index contributed by atoms with van der Waals surface area (Å²) in [6, 6.07) is 56.7. The van der Waals surface area contributed by atoms with Crippen LogP contribution >= 0.6 is 0 Å². The van der Waals surface area contributed by atoms with Gasteiger partial charge in [-0.25, -0.2) is 0 Å². The van der Waals surface area contributed by atoms with E-state index < -0.39 is 0 Å². The SMILES string of the molecule is c1ccc(B2c3ccccc3-c3ccccc3-c3ccccc3-c3cc4c5c(c32)Oc2ccccc2B5c2ccccc2O4)cc1. The average Bonchev–Trinajstić information content (AvgIpc) is 3.16.